The van der Waals surface area contributed by atoms with Gasteiger partial charge in [0.1, 0.15) is 0 Å². The molecule has 1 aromatic rings. The summed E-state index contributed by atoms with van der Waals surface area (Å²) in [5.41, 5.74) is 1.27. The Balaban J connectivity index is 1.77. The van der Waals surface area contributed by atoms with E-state index in [2.05, 4.69) is 45.5 Å². The van der Waals surface area contributed by atoms with Crippen LogP contribution in [0.5, 0.6) is 0 Å². The molecule has 1 aliphatic rings. The second kappa shape index (κ2) is 6.58. The number of hydrogen-bond donors (Lipinski definition) is 1. The highest BCUT2D eigenvalue weighted by Gasteiger charge is 2.08. The van der Waals surface area contributed by atoms with Crippen LogP contribution in [0, 0.1) is 5.92 Å². The van der Waals surface area contributed by atoms with Crippen molar-refractivity contribution in [2.45, 2.75) is 25.8 Å². The first-order valence-electron chi connectivity index (χ1n) is 6.05. The standard InChI is InChI=1S/C14H17BrClN/c15-13-8-12(6-7-14(13)16)10-17-9-11-4-2-1-3-5-11/h1-2,6-8,11,17H,3-5,9-10H2. The van der Waals surface area contributed by atoms with Gasteiger partial charge in [-0.1, -0.05) is 29.8 Å². The largest absolute Gasteiger partial charge is 0.312 e. The second-order valence-electron chi connectivity index (χ2n) is 4.53. The molecule has 3 heteroatoms. The Kier molecular flexibility index (Phi) is 5.08. The SMILES string of the molecule is Clc1ccc(CNCC2CC=CCC2)cc1Br. The normalized spacial score (nSPS) is 19.5. The van der Waals surface area contributed by atoms with Crippen LogP contribution in [0.1, 0.15) is 24.8 Å². The summed E-state index contributed by atoms with van der Waals surface area (Å²) in [7, 11) is 0. The number of hydrogen-bond acceptors (Lipinski definition) is 1. The molecule has 17 heavy (non-hydrogen) atoms. The van der Waals surface area contributed by atoms with Crippen LogP contribution in [-0.4, -0.2) is 6.54 Å². The molecule has 0 spiro atoms. The van der Waals surface area contributed by atoms with Gasteiger partial charge in [0, 0.05) is 11.0 Å². The minimum Gasteiger partial charge on any atom is -0.312 e. The average molecular weight is 315 g/mol. The van der Waals surface area contributed by atoms with Gasteiger partial charge in [0.2, 0.25) is 0 Å². The third-order valence-corrected chi connectivity index (χ3v) is 4.34. The lowest BCUT2D eigenvalue weighted by Crippen LogP contribution is -2.23. The molecule has 1 unspecified atom stereocenters. The summed E-state index contributed by atoms with van der Waals surface area (Å²) in [6.45, 7) is 2.01. The van der Waals surface area contributed by atoms with E-state index < -0.39 is 0 Å². The molecule has 0 saturated carbocycles. The molecular weight excluding hydrogens is 298 g/mol. The number of rotatable bonds is 4. The van der Waals surface area contributed by atoms with Crippen molar-refractivity contribution in [3.63, 3.8) is 0 Å². The smallest absolute Gasteiger partial charge is 0.0548 e. The topological polar surface area (TPSA) is 12.0 Å². The van der Waals surface area contributed by atoms with Gasteiger partial charge in [-0.15, -0.1) is 0 Å². The van der Waals surface area contributed by atoms with Crippen LogP contribution in [0.2, 0.25) is 5.02 Å². The zero-order valence-electron chi connectivity index (χ0n) is 9.76. The molecule has 0 amide bonds. The van der Waals surface area contributed by atoms with Gasteiger partial charge in [-0.2, -0.15) is 0 Å². The van der Waals surface area contributed by atoms with Gasteiger partial charge in [-0.3, -0.25) is 0 Å². The summed E-state index contributed by atoms with van der Waals surface area (Å²) in [6.07, 6.45) is 8.35. The van der Waals surface area contributed by atoms with Crippen molar-refractivity contribution in [3.05, 3.63) is 45.4 Å². The highest BCUT2D eigenvalue weighted by Crippen LogP contribution is 2.23. The van der Waals surface area contributed by atoms with Gasteiger partial charge in [-0.25, -0.2) is 0 Å². The van der Waals surface area contributed by atoms with Gasteiger partial charge >= 0.3 is 0 Å². The molecule has 0 saturated heterocycles. The molecule has 0 aromatic heterocycles. The van der Waals surface area contributed by atoms with Crippen LogP contribution >= 0.6 is 27.5 Å². The second-order valence-corrected chi connectivity index (χ2v) is 5.79. The Hall–Kier alpha value is -0.310. The Morgan fingerprint density at radius 1 is 1.35 bits per heavy atom. The first-order chi connectivity index (χ1) is 8.25. The van der Waals surface area contributed by atoms with Crippen LogP contribution in [0.25, 0.3) is 0 Å². The maximum atomic E-state index is 5.96. The minimum absolute atomic E-state index is 0.770. The predicted molar refractivity (Wildman–Crippen MR) is 77.3 cm³/mol. The molecule has 0 bridgehead atoms. The van der Waals surface area contributed by atoms with Crippen LogP contribution in [0.4, 0.5) is 0 Å². The van der Waals surface area contributed by atoms with Gasteiger partial charge in [0.05, 0.1) is 5.02 Å². The first-order valence-corrected chi connectivity index (χ1v) is 7.22. The molecular formula is C14H17BrClN. The van der Waals surface area contributed by atoms with Crippen molar-refractivity contribution in [3.8, 4) is 0 Å². The average Bonchev–Trinajstić information content (AvgIpc) is 2.35. The van der Waals surface area contributed by atoms with Crippen molar-refractivity contribution in [2.75, 3.05) is 6.54 Å². The molecule has 1 nitrogen and oxygen atoms in total. The fourth-order valence-corrected chi connectivity index (χ4v) is 2.66. The van der Waals surface area contributed by atoms with E-state index in [0.717, 1.165) is 28.5 Å². The maximum Gasteiger partial charge on any atom is 0.0548 e. The van der Waals surface area contributed by atoms with E-state index in [4.69, 9.17) is 11.6 Å². The Bertz CT molecular complexity index is 403. The Morgan fingerprint density at radius 3 is 2.94 bits per heavy atom. The monoisotopic (exact) mass is 313 g/mol. The van der Waals surface area contributed by atoms with Gasteiger partial charge in [0.25, 0.3) is 0 Å². The Morgan fingerprint density at radius 2 is 2.24 bits per heavy atom. The van der Waals surface area contributed by atoms with E-state index in [1.54, 1.807) is 0 Å². The quantitative estimate of drug-likeness (QED) is 0.804. The number of halogens is 2. The molecule has 1 atom stereocenters. The van der Waals surface area contributed by atoms with Crippen LogP contribution in [0.3, 0.4) is 0 Å². The summed E-state index contributed by atoms with van der Waals surface area (Å²) in [5, 5.41) is 4.29. The number of benzene rings is 1. The molecule has 0 radical (unpaired) electrons. The van der Waals surface area contributed by atoms with Gasteiger partial charge in [0.15, 0.2) is 0 Å². The highest BCUT2D eigenvalue weighted by atomic mass is 79.9. The first kappa shape index (κ1) is 13.1. The van der Waals surface area contributed by atoms with Crippen LogP contribution in [-0.2, 0) is 6.54 Å². The fraction of sp³-hybridized carbons (Fsp3) is 0.429. The minimum atomic E-state index is 0.770. The summed E-state index contributed by atoms with van der Waals surface area (Å²) in [4.78, 5) is 0. The summed E-state index contributed by atoms with van der Waals surface area (Å²) in [5.74, 6) is 0.802. The van der Waals surface area contributed by atoms with E-state index in [9.17, 15) is 0 Å². The maximum absolute atomic E-state index is 5.96. The lowest BCUT2D eigenvalue weighted by Gasteiger charge is -2.18. The third-order valence-electron chi connectivity index (χ3n) is 3.12. The van der Waals surface area contributed by atoms with Crippen molar-refractivity contribution in [1.82, 2.24) is 5.32 Å². The summed E-state index contributed by atoms with van der Waals surface area (Å²) < 4.78 is 0.971. The van der Waals surface area contributed by atoms with Gasteiger partial charge in [-0.05, 0) is 65.4 Å². The molecule has 1 aromatic carbocycles. The molecule has 0 fully saturated rings. The van der Waals surface area contributed by atoms with E-state index in [1.807, 2.05) is 6.07 Å². The molecule has 0 aliphatic heterocycles. The molecule has 1 N–H and O–H groups in total. The van der Waals surface area contributed by atoms with Crippen molar-refractivity contribution >= 4 is 27.5 Å². The zero-order valence-corrected chi connectivity index (χ0v) is 12.1. The molecule has 2 rings (SSSR count). The lowest BCUT2D eigenvalue weighted by molar-refractivity contribution is 0.440. The zero-order chi connectivity index (χ0) is 12.1. The Labute approximate surface area is 116 Å². The predicted octanol–water partition coefficient (Wildman–Crippen LogP) is 4.55. The fourth-order valence-electron chi connectivity index (χ4n) is 2.11. The number of allylic oxidation sites excluding steroid dienone is 2. The van der Waals surface area contributed by atoms with Crippen LogP contribution in [0.15, 0.2) is 34.8 Å². The van der Waals surface area contributed by atoms with Crippen molar-refractivity contribution < 1.29 is 0 Å². The lowest BCUT2D eigenvalue weighted by atomic mass is 9.94. The molecule has 1 aliphatic carbocycles. The van der Waals surface area contributed by atoms with Crippen LogP contribution < -0.4 is 5.32 Å². The molecule has 92 valence electrons. The van der Waals surface area contributed by atoms with Gasteiger partial charge < -0.3 is 5.32 Å². The van der Waals surface area contributed by atoms with E-state index >= 15 is 0 Å². The van der Waals surface area contributed by atoms with Crippen molar-refractivity contribution in [2.24, 2.45) is 5.92 Å². The van der Waals surface area contributed by atoms with E-state index in [0.29, 0.717) is 0 Å². The van der Waals surface area contributed by atoms with E-state index in [1.165, 1.54) is 24.8 Å². The highest BCUT2D eigenvalue weighted by molar-refractivity contribution is 9.10. The van der Waals surface area contributed by atoms with E-state index in [-0.39, 0.29) is 0 Å². The number of nitrogens with one attached hydrogen (secondary N) is 1. The summed E-state index contributed by atoms with van der Waals surface area (Å²) in [6, 6.07) is 6.09. The summed E-state index contributed by atoms with van der Waals surface area (Å²) >= 11 is 9.41. The third kappa shape index (κ3) is 4.13. The van der Waals surface area contributed by atoms with Crippen molar-refractivity contribution in [1.29, 1.82) is 0 Å². The molecule has 0 heterocycles.